The summed E-state index contributed by atoms with van der Waals surface area (Å²) < 4.78 is 11.7. The highest BCUT2D eigenvalue weighted by molar-refractivity contribution is 6.05. The highest BCUT2D eigenvalue weighted by Gasteiger charge is 2.30. The first kappa shape index (κ1) is 20.8. The first-order valence-corrected chi connectivity index (χ1v) is 9.68. The summed E-state index contributed by atoms with van der Waals surface area (Å²) in [7, 11) is 3.03. The van der Waals surface area contributed by atoms with Crippen molar-refractivity contribution in [2.75, 3.05) is 20.2 Å². The van der Waals surface area contributed by atoms with Crippen LogP contribution in [0.1, 0.15) is 54.5 Å². The Balaban J connectivity index is 1.72. The maximum atomic E-state index is 13.0. The predicted molar refractivity (Wildman–Crippen MR) is 107 cm³/mol. The molecule has 1 saturated heterocycles. The molecule has 156 valence electrons. The molecule has 2 aromatic rings. The lowest BCUT2D eigenvalue weighted by atomic mass is 9.88. The molecule has 1 aromatic heterocycles. The van der Waals surface area contributed by atoms with Gasteiger partial charge in [0.1, 0.15) is 5.60 Å². The van der Waals surface area contributed by atoms with E-state index in [-0.39, 0.29) is 23.5 Å². The molecule has 1 aromatic carbocycles. The van der Waals surface area contributed by atoms with E-state index in [9.17, 15) is 14.4 Å². The van der Waals surface area contributed by atoms with Crippen LogP contribution in [-0.4, -0.2) is 58.3 Å². The monoisotopic (exact) mass is 401 g/mol. The number of methoxy groups -OCH3 is 1. The number of fused-ring (bicyclic) bond motifs is 1. The number of aryl methyl sites for hydroxylation is 1. The molecule has 0 bridgehead atoms. The number of carbonyl (C=O) groups excluding carboxylic acids is 3. The lowest BCUT2D eigenvalue weighted by Crippen LogP contribution is -2.43. The number of ketones is 1. The van der Waals surface area contributed by atoms with Gasteiger partial charge in [-0.05, 0) is 45.7 Å². The molecule has 1 aliphatic heterocycles. The van der Waals surface area contributed by atoms with Crippen LogP contribution < -0.4 is 0 Å². The molecule has 3 rings (SSSR count). The van der Waals surface area contributed by atoms with Gasteiger partial charge >= 0.3 is 12.1 Å². The van der Waals surface area contributed by atoms with Crippen LogP contribution in [0.4, 0.5) is 4.79 Å². The van der Waals surface area contributed by atoms with Crippen LogP contribution in [0.5, 0.6) is 0 Å². The fourth-order valence-electron chi connectivity index (χ4n) is 3.54. The van der Waals surface area contributed by atoms with Gasteiger partial charge < -0.3 is 14.4 Å². The number of esters is 1. The van der Waals surface area contributed by atoms with Crippen molar-refractivity contribution in [2.45, 2.75) is 39.2 Å². The highest BCUT2D eigenvalue weighted by atomic mass is 16.6. The third kappa shape index (κ3) is 4.41. The largest absolute Gasteiger partial charge is 0.464 e. The number of nitrogens with zero attached hydrogens (tertiary/aromatic N) is 3. The van der Waals surface area contributed by atoms with E-state index < -0.39 is 11.6 Å². The van der Waals surface area contributed by atoms with Gasteiger partial charge in [0, 0.05) is 37.0 Å². The van der Waals surface area contributed by atoms with Crippen LogP contribution in [0.15, 0.2) is 18.2 Å². The maximum Gasteiger partial charge on any atom is 0.410 e. The Morgan fingerprint density at radius 2 is 1.79 bits per heavy atom. The smallest absolute Gasteiger partial charge is 0.410 e. The van der Waals surface area contributed by atoms with Crippen molar-refractivity contribution in [1.29, 1.82) is 0 Å². The number of amides is 1. The molecular formula is C21H27N3O5. The molecule has 0 spiro atoms. The van der Waals surface area contributed by atoms with Gasteiger partial charge in [-0.2, -0.15) is 5.10 Å². The third-order valence-electron chi connectivity index (χ3n) is 5.03. The van der Waals surface area contributed by atoms with E-state index in [1.165, 1.54) is 7.11 Å². The zero-order valence-corrected chi connectivity index (χ0v) is 17.5. The van der Waals surface area contributed by atoms with Gasteiger partial charge in [0.2, 0.25) is 0 Å². The van der Waals surface area contributed by atoms with Crippen molar-refractivity contribution in [1.82, 2.24) is 14.7 Å². The maximum absolute atomic E-state index is 13.0. The van der Waals surface area contributed by atoms with Gasteiger partial charge in [0.25, 0.3) is 0 Å². The number of piperidine rings is 1. The Morgan fingerprint density at radius 3 is 2.38 bits per heavy atom. The summed E-state index contributed by atoms with van der Waals surface area (Å²) in [6.07, 6.45) is 0.846. The van der Waals surface area contributed by atoms with E-state index >= 15 is 0 Å². The van der Waals surface area contributed by atoms with Crippen molar-refractivity contribution in [2.24, 2.45) is 13.0 Å². The van der Waals surface area contributed by atoms with E-state index in [2.05, 4.69) is 5.10 Å². The van der Waals surface area contributed by atoms with Gasteiger partial charge in [0.05, 0.1) is 12.6 Å². The summed E-state index contributed by atoms with van der Waals surface area (Å²) in [5, 5.41) is 4.85. The van der Waals surface area contributed by atoms with Gasteiger partial charge in [-0.3, -0.25) is 9.48 Å². The number of likely N-dealkylation sites (tertiary alicyclic amines) is 1. The predicted octanol–water partition coefficient (Wildman–Crippen LogP) is 3.19. The zero-order chi connectivity index (χ0) is 21.3. The quantitative estimate of drug-likeness (QED) is 0.579. The van der Waals surface area contributed by atoms with Crippen LogP contribution in [0.2, 0.25) is 0 Å². The van der Waals surface area contributed by atoms with E-state index in [1.54, 1.807) is 34.8 Å². The molecule has 2 heterocycles. The van der Waals surface area contributed by atoms with Crippen LogP contribution in [0.3, 0.4) is 0 Å². The zero-order valence-electron chi connectivity index (χ0n) is 17.5. The topological polar surface area (TPSA) is 90.7 Å². The van der Waals surface area contributed by atoms with E-state index in [0.717, 1.165) is 0 Å². The van der Waals surface area contributed by atoms with E-state index in [4.69, 9.17) is 9.47 Å². The molecule has 0 radical (unpaired) electrons. The molecule has 0 atom stereocenters. The minimum absolute atomic E-state index is 0.0385. The molecule has 29 heavy (non-hydrogen) atoms. The van der Waals surface area contributed by atoms with E-state index in [1.807, 2.05) is 20.8 Å². The molecule has 0 aliphatic carbocycles. The normalized spacial score (nSPS) is 15.4. The summed E-state index contributed by atoms with van der Waals surface area (Å²) in [6.45, 7) is 6.49. The molecule has 8 nitrogen and oxygen atoms in total. The minimum atomic E-state index is -0.536. The molecule has 1 fully saturated rings. The Bertz CT molecular complexity index is 949. The second-order valence-electron chi connectivity index (χ2n) is 8.30. The standard InChI is InChI=1S/C21H27N3O5/c1-21(2,3)29-20(27)24-10-8-13(9-11-24)18(25)14-6-7-15-16(12-14)23(4)22-17(15)19(26)28-5/h6-7,12-13H,8-11H2,1-5H3. The lowest BCUT2D eigenvalue weighted by Gasteiger charge is -2.33. The number of hydrogen-bond donors (Lipinski definition) is 0. The number of hydrogen-bond acceptors (Lipinski definition) is 6. The lowest BCUT2D eigenvalue weighted by molar-refractivity contribution is 0.0182. The summed E-state index contributed by atoms with van der Waals surface area (Å²) in [6, 6.07) is 5.22. The summed E-state index contributed by atoms with van der Waals surface area (Å²) >= 11 is 0. The summed E-state index contributed by atoms with van der Waals surface area (Å²) in [4.78, 5) is 38.7. The molecule has 0 saturated carbocycles. The van der Waals surface area contributed by atoms with Crippen molar-refractivity contribution in [3.05, 3.63) is 29.5 Å². The molecule has 1 aliphatic rings. The average Bonchev–Trinajstić information content (AvgIpc) is 3.01. The van der Waals surface area contributed by atoms with Crippen LogP contribution in [0, 0.1) is 5.92 Å². The molecule has 0 N–H and O–H groups in total. The molecule has 0 unspecified atom stereocenters. The van der Waals surface area contributed by atoms with Gasteiger partial charge in [-0.15, -0.1) is 0 Å². The molecular weight excluding hydrogens is 374 g/mol. The minimum Gasteiger partial charge on any atom is -0.464 e. The number of carbonyl (C=O) groups is 3. The SMILES string of the molecule is COC(=O)c1nn(C)c2cc(C(=O)C3CCN(C(=O)OC(C)(C)C)CC3)ccc12. The van der Waals surface area contributed by atoms with Gasteiger partial charge in [-0.1, -0.05) is 6.07 Å². The Kier molecular flexibility index (Phi) is 5.64. The fraction of sp³-hybridized carbons (Fsp3) is 0.524. The van der Waals surface area contributed by atoms with E-state index in [0.29, 0.717) is 42.4 Å². The Hall–Kier alpha value is -2.90. The summed E-state index contributed by atoms with van der Waals surface area (Å²) in [5.41, 5.74) is 0.968. The van der Waals surface area contributed by atoms with Gasteiger partial charge in [0.15, 0.2) is 11.5 Å². The van der Waals surface area contributed by atoms with Crippen molar-refractivity contribution in [3.8, 4) is 0 Å². The van der Waals surface area contributed by atoms with Crippen LogP contribution >= 0.6 is 0 Å². The first-order chi connectivity index (χ1) is 13.6. The fourth-order valence-corrected chi connectivity index (χ4v) is 3.54. The number of benzene rings is 1. The van der Waals surface area contributed by atoms with Crippen molar-refractivity contribution < 1.29 is 23.9 Å². The Morgan fingerprint density at radius 1 is 1.14 bits per heavy atom. The van der Waals surface area contributed by atoms with Crippen LogP contribution in [0.25, 0.3) is 10.9 Å². The second kappa shape index (κ2) is 7.85. The molecule has 1 amide bonds. The summed E-state index contributed by atoms with van der Waals surface area (Å²) in [5.74, 6) is -0.625. The average molecular weight is 401 g/mol. The number of rotatable bonds is 3. The highest BCUT2D eigenvalue weighted by Crippen LogP contribution is 2.26. The first-order valence-electron chi connectivity index (χ1n) is 9.68. The third-order valence-corrected chi connectivity index (χ3v) is 5.03. The number of aromatic nitrogens is 2. The number of Topliss-reactive ketones (excluding diaryl/α,β-unsaturated/α-hetero) is 1. The second-order valence-corrected chi connectivity index (χ2v) is 8.30. The molecule has 8 heteroatoms. The number of ether oxygens (including phenoxy) is 2. The Labute approximate surface area is 169 Å². The van der Waals surface area contributed by atoms with Crippen LogP contribution in [-0.2, 0) is 16.5 Å². The van der Waals surface area contributed by atoms with Crippen molar-refractivity contribution in [3.63, 3.8) is 0 Å². The van der Waals surface area contributed by atoms with Gasteiger partial charge in [-0.25, -0.2) is 9.59 Å². The van der Waals surface area contributed by atoms with Crippen molar-refractivity contribution >= 4 is 28.7 Å².